The largest absolute Gasteiger partial charge is 0.438 e. The summed E-state index contributed by atoms with van der Waals surface area (Å²) in [5.41, 5.74) is 7.76. The third kappa shape index (κ3) is 2.52. The average molecular weight is 381 g/mol. The lowest BCUT2D eigenvalue weighted by Gasteiger charge is -2.15. The van der Waals surface area contributed by atoms with Crippen molar-refractivity contribution in [3.8, 4) is 11.4 Å². The molecule has 0 saturated carbocycles. The first-order chi connectivity index (χ1) is 14.2. The predicted octanol–water partition coefficient (Wildman–Crippen LogP) is 6.46. The quantitative estimate of drug-likeness (QED) is 0.352. The SMILES string of the molecule is CC(C)n1c(-c2cnc3oc4cc5c(cc4c3c2)CCCC5)nc2ccccc21. The second kappa shape index (κ2) is 6.18. The van der Waals surface area contributed by atoms with E-state index in [9.17, 15) is 0 Å². The Balaban J connectivity index is 1.60. The Bertz CT molecular complexity index is 1390. The number of imidazole rings is 1. The van der Waals surface area contributed by atoms with Crippen LogP contribution in [0, 0.1) is 0 Å². The molecular weight excluding hydrogens is 358 g/mol. The number of hydrogen-bond donors (Lipinski definition) is 0. The van der Waals surface area contributed by atoms with E-state index in [1.54, 1.807) is 0 Å². The molecule has 0 unspecified atom stereocenters. The van der Waals surface area contributed by atoms with E-state index in [2.05, 4.69) is 59.8 Å². The fraction of sp³-hybridized carbons (Fsp3) is 0.280. The number of nitrogens with zero attached hydrogens (tertiary/aromatic N) is 3. The molecule has 0 amide bonds. The fourth-order valence-corrected chi connectivity index (χ4v) is 4.78. The predicted molar refractivity (Wildman–Crippen MR) is 117 cm³/mol. The standard InChI is InChI=1S/C25H23N3O/c1-15(2)28-22-10-6-5-9-21(22)27-24(28)18-12-20-19-11-16-7-3-4-8-17(16)13-23(19)29-25(20)26-14-18/h5-6,9-15H,3-4,7-8H2,1-2H3. The zero-order chi connectivity index (χ0) is 19.5. The number of pyridine rings is 1. The lowest BCUT2D eigenvalue weighted by molar-refractivity contribution is 0.624. The van der Waals surface area contributed by atoms with Crippen molar-refractivity contribution in [3.05, 3.63) is 59.8 Å². The highest BCUT2D eigenvalue weighted by atomic mass is 16.3. The summed E-state index contributed by atoms with van der Waals surface area (Å²) in [6.45, 7) is 4.40. The molecule has 5 aromatic rings. The molecule has 0 aliphatic heterocycles. The van der Waals surface area contributed by atoms with Gasteiger partial charge in [0.2, 0.25) is 5.71 Å². The lowest BCUT2D eigenvalue weighted by atomic mass is 9.90. The van der Waals surface area contributed by atoms with Crippen molar-refractivity contribution in [2.24, 2.45) is 0 Å². The van der Waals surface area contributed by atoms with Crippen LogP contribution in [0.25, 0.3) is 44.5 Å². The minimum Gasteiger partial charge on any atom is -0.438 e. The molecule has 1 aliphatic rings. The molecule has 1 aliphatic carbocycles. The molecule has 29 heavy (non-hydrogen) atoms. The van der Waals surface area contributed by atoms with Gasteiger partial charge in [0.15, 0.2) is 0 Å². The highest BCUT2D eigenvalue weighted by molar-refractivity contribution is 6.05. The molecule has 0 bridgehead atoms. The van der Waals surface area contributed by atoms with Gasteiger partial charge >= 0.3 is 0 Å². The van der Waals surface area contributed by atoms with Crippen LogP contribution in [0.4, 0.5) is 0 Å². The molecule has 0 radical (unpaired) electrons. The Morgan fingerprint density at radius 2 is 1.76 bits per heavy atom. The summed E-state index contributed by atoms with van der Waals surface area (Å²) in [6, 6.07) is 15.4. The summed E-state index contributed by atoms with van der Waals surface area (Å²) < 4.78 is 8.40. The normalized spacial score (nSPS) is 14.3. The van der Waals surface area contributed by atoms with Gasteiger partial charge in [0.1, 0.15) is 11.4 Å². The summed E-state index contributed by atoms with van der Waals surface area (Å²) in [6.07, 6.45) is 6.75. The summed E-state index contributed by atoms with van der Waals surface area (Å²) in [5, 5.41) is 2.25. The number of furan rings is 1. The average Bonchev–Trinajstić information content (AvgIpc) is 3.29. The van der Waals surface area contributed by atoms with Crippen LogP contribution in [0.2, 0.25) is 0 Å². The topological polar surface area (TPSA) is 43.9 Å². The number of hydrogen-bond acceptors (Lipinski definition) is 3. The molecule has 3 heterocycles. The van der Waals surface area contributed by atoms with E-state index in [-0.39, 0.29) is 0 Å². The molecule has 144 valence electrons. The van der Waals surface area contributed by atoms with E-state index in [0.29, 0.717) is 11.8 Å². The number of fused-ring (bicyclic) bond motifs is 5. The van der Waals surface area contributed by atoms with Gasteiger partial charge in [0.25, 0.3) is 0 Å². The molecule has 0 atom stereocenters. The molecule has 0 spiro atoms. The summed E-state index contributed by atoms with van der Waals surface area (Å²) >= 11 is 0. The molecular formula is C25H23N3O. The van der Waals surface area contributed by atoms with Crippen molar-refractivity contribution in [1.29, 1.82) is 0 Å². The minimum atomic E-state index is 0.307. The second-order valence-corrected chi connectivity index (χ2v) is 8.39. The molecule has 6 rings (SSSR count). The maximum absolute atomic E-state index is 6.11. The van der Waals surface area contributed by atoms with Crippen molar-refractivity contribution < 1.29 is 4.42 Å². The molecule has 0 N–H and O–H groups in total. The molecule has 4 nitrogen and oxygen atoms in total. The van der Waals surface area contributed by atoms with Crippen molar-refractivity contribution >= 4 is 33.1 Å². The van der Waals surface area contributed by atoms with Gasteiger partial charge in [-0.25, -0.2) is 9.97 Å². The van der Waals surface area contributed by atoms with E-state index in [4.69, 9.17) is 9.40 Å². The van der Waals surface area contributed by atoms with Crippen molar-refractivity contribution in [1.82, 2.24) is 14.5 Å². The monoisotopic (exact) mass is 381 g/mol. The van der Waals surface area contributed by atoms with Crippen LogP contribution in [0.5, 0.6) is 0 Å². The Morgan fingerprint density at radius 3 is 2.59 bits per heavy atom. The van der Waals surface area contributed by atoms with Crippen LogP contribution < -0.4 is 0 Å². The maximum atomic E-state index is 6.11. The van der Waals surface area contributed by atoms with Gasteiger partial charge in [-0.15, -0.1) is 0 Å². The minimum absolute atomic E-state index is 0.307. The van der Waals surface area contributed by atoms with Crippen molar-refractivity contribution in [2.75, 3.05) is 0 Å². The molecule has 4 heteroatoms. The smallest absolute Gasteiger partial charge is 0.227 e. The van der Waals surface area contributed by atoms with Crippen LogP contribution in [0.3, 0.4) is 0 Å². The van der Waals surface area contributed by atoms with Crippen LogP contribution >= 0.6 is 0 Å². The van der Waals surface area contributed by atoms with Crippen molar-refractivity contribution in [2.45, 2.75) is 45.6 Å². The van der Waals surface area contributed by atoms with Gasteiger partial charge in [-0.1, -0.05) is 12.1 Å². The van der Waals surface area contributed by atoms with Crippen LogP contribution in [-0.2, 0) is 12.8 Å². The Morgan fingerprint density at radius 1 is 0.966 bits per heavy atom. The van der Waals surface area contributed by atoms with Gasteiger partial charge in [-0.05, 0) is 81.0 Å². The second-order valence-electron chi connectivity index (χ2n) is 8.39. The summed E-state index contributed by atoms with van der Waals surface area (Å²) in [5.74, 6) is 0.961. The zero-order valence-corrected chi connectivity index (χ0v) is 16.8. The summed E-state index contributed by atoms with van der Waals surface area (Å²) in [7, 11) is 0. The number of aromatic nitrogens is 3. The number of rotatable bonds is 2. The van der Waals surface area contributed by atoms with Gasteiger partial charge in [0.05, 0.1) is 11.0 Å². The van der Waals surface area contributed by atoms with E-state index in [1.165, 1.54) is 29.4 Å². The molecule has 2 aromatic carbocycles. The van der Waals surface area contributed by atoms with Gasteiger partial charge < -0.3 is 8.98 Å². The molecule has 3 aromatic heterocycles. The van der Waals surface area contributed by atoms with E-state index >= 15 is 0 Å². The molecule has 0 fully saturated rings. The van der Waals surface area contributed by atoms with Gasteiger partial charge in [0, 0.05) is 28.6 Å². The lowest BCUT2D eigenvalue weighted by Crippen LogP contribution is -2.03. The first kappa shape index (κ1) is 16.8. The Hall–Kier alpha value is -3.14. The first-order valence-electron chi connectivity index (χ1n) is 10.5. The highest BCUT2D eigenvalue weighted by Crippen LogP contribution is 2.35. The highest BCUT2D eigenvalue weighted by Gasteiger charge is 2.19. The van der Waals surface area contributed by atoms with Crippen molar-refractivity contribution in [3.63, 3.8) is 0 Å². The maximum Gasteiger partial charge on any atom is 0.227 e. The Kier molecular flexibility index (Phi) is 3.58. The van der Waals surface area contributed by atoms with Gasteiger partial charge in [-0.3, -0.25) is 0 Å². The Labute approximate surface area is 169 Å². The van der Waals surface area contributed by atoms with Crippen LogP contribution in [0.15, 0.2) is 53.1 Å². The van der Waals surface area contributed by atoms with Crippen LogP contribution in [0.1, 0.15) is 43.9 Å². The van der Waals surface area contributed by atoms with E-state index in [0.717, 1.165) is 46.2 Å². The number of aryl methyl sites for hydroxylation is 2. The third-order valence-electron chi connectivity index (χ3n) is 6.16. The van der Waals surface area contributed by atoms with Gasteiger partial charge in [-0.2, -0.15) is 0 Å². The third-order valence-corrected chi connectivity index (χ3v) is 6.16. The summed E-state index contributed by atoms with van der Waals surface area (Å²) in [4.78, 5) is 9.61. The number of para-hydroxylation sites is 2. The fourth-order valence-electron chi connectivity index (χ4n) is 4.78. The first-order valence-corrected chi connectivity index (χ1v) is 10.5. The van der Waals surface area contributed by atoms with Crippen LogP contribution in [-0.4, -0.2) is 14.5 Å². The zero-order valence-electron chi connectivity index (χ0n) is 16.8. The van der Waals surface area contributed by atoms with E-state index < -0.39 is 0 Å². The van der Waals surface area contributed by atoms with E-state index in [1.807, 2.05) is 12.3 Å². The molecule has 0 saturated heterocycles. The number of benzene rings is 2.